The Hall–Kier alpha value is -1.00. The molecule has 0 saturated carbocycles. The van der Waals surface area contributed by atoms with Crippen molar-refractivity contribution in [3.05, 3.63) is 35.4 Å². The molecule has 0 saturated heterocycles. The number of ether oxygens (including phenoxy) is 1. The van der Waals surface area contributed by atoms with Crippen molar-refractivity contribution in [2.75, 3.05) is 26.8 Å². The van der Waals surface area contributed by atoms with Crippen molar-refractivity contribution in [3.63, 3.8) is 0 Å². The molecule has 1 rings (SSSR count). The van der Waals surface area contributed by atoms with E-state index in [2.05, 4.69) is 26.1 Å². The van der Waals surface area contributed by atoms with Crippen LogP contribution in [0.2, 0.25) is 0 Å². The summed E-state index contributed by atoms with van der Waals surface area (Å²) in [6, 6.07) is 4.16. The molecule has 0 spiro atoms. The highest BCUT2D eigenvalue weighted by atomic mass is 19.2. The van der Waals surface area contributed by atoms with Gasteiger partial charge >= 0.3 is 0 Å². The molecule has 0 amide bonds. The molecule has 0 aliphatic heterocycles. The molecule has 0 aliphatic carbocycles. The van der Waals surface area contributed by atoms with Gasteiger partial charge in [0.15, 0.2) is 11.6 Å². The molecule has 1 aromatic rings. The van der Waals surface area contributed by atoms with Gasteiger partial charge in [-0.05, 0) is 35.4 Å². The van der Waals surface area contributed by atoms with Crippen LogP contribution in [-0.4, -0.2) is 26.8 Å². The summed E-state index contributed by atoms with van der Waals surface area (Å²) in [4.78, 5) is 0. The molecule has 0 radical (unpaired) electrons. The number of hydrogen-bond acceptors (Lipinski definition) is 2. The van der Waals surface area contributed by atoms with Crippen molar-refractivity contribution in [1.82, 2.24) is 5.32 Å². The SMILES string of the molecule is COCCNCC(C)(Cc1ccc(F)c(F)c1)C(C)C. The van der Waals surface area contributed by atoms with Crippen LogP contribution in [0.15, 0.2) is 18.2 Å². The largest absolute Gasteiger partial charge is 0.383 e. The number of benzene rings is 1. The summed E-state index contributed by atoms with van der Waals surface area (Å²) in [5, 5.41) is 3.36. The third-order valence-corrected chi connectivity index (χ3v) is 4.00. The lowest BCUT2D eigenvalue weighted by Gasteiger charge is -2.34. The van der Waals surface area contributed by atoms with Crippen molar-refractivity contribution in [3.8, 4) is 0 Å². The number of nitrogens with one attached hydrogen (secondary N) is 1. The van der Waals surface area contributed by atoms with Gasteiger partial charge in [0.25, 0.3) is 0 Å². The predicted molar refractivity (Wildman–Crippen MR) is 77.8 cm³/mol. The number of rotatable bonds is 8. The van der Waals surface area contributed by atoms with Crippen LogP contribution in [0.5, 0.6) is 0 Å². The third-order valence-electron chi connectivity index (χ3n) is 4.00. The van der Waals surface area contributed by atoms with Crippen LogP contribution in [0.25, 0.3) is 0 Å². The second kappa shape index (κ2) is 7.70. The summed E-state index contributed by atoms with van der Waals surface area (Å²) in [6.07, 6.45) is 0.710. The number of methoxy groups -OCH3 is 1. The standard InChI is InChI=1S/C16H25F2NO/c1-12(2)16(3,11-19-7-8-20-4)10-13-5-6-14(17)15(18)9-13/h5-6,9,12,19H,7-8,10-11H2,1-4H3. The van der Waals surface area contributed by atoms with Crippen molar-refractivity contribution in [2.24, 2.45) is 11.3 Å². The van der Waals surface area contributed by atoms with E-state index in [1.165, 1.54) is 12.1 Å². The van der Waals surface area contributed by atoms with E-state index in [0.717, 1.165) is 18.7 Å². The van der Waals surface area contributed by atoms with E-state index >= 15 is 0 Å². The van der Waals surface area contributed by atoms with Crippen molar-refractivity contribution >= 4 is 0 Å². The zero-order valence-corrected chi connectivity index (χ0v) is 12.8. The maximum atomic E-state index is 13.3. The molecular formula is C16H25F2NO. The smallest absolute Gasteiger partial charge is 0.159 e. The number of halogens is 2. The van der Waals surface area contributed by atoms with Gasteiger partial charge in [-0.1, -0.05) is 26.8 Å². The lowest BCUT2D eigenvalue weighted by atomic mass is 9.74. The first-order valence-corrected chi connectivity index (χ1v) is 7.02. The minimum absolute atomic E-state index is 0.0159. The topological polar surface area (TPSA) is 21.3 Å². The Bertz CT molecular complexity index is 423. The fraction of sp³-hybridized carbons (Fsp3) is 0.625. The van der Waals surface area contributed by atoms with Gasteiger partial charge in [-0.15, -0.1) is 0 Å². The fourth-order valence-corrected chi connectivity index (χ4v) is 2.13. The lowest BCUT2D eigenvalue weighted by Crippen LogP contribution is -2.39. The molecule has 0 heterocycles. The molecule has 1 N–H and O–H groups in total. The molecule has 20 heavy (non-hydrogen) atoms. The van der Waals surface area contributed by atoms with E-state index in [9.17, 15) is 8.78 Å². The van der Waals surface area contributed by atoms with E-state index in [1.54, 1.807) is 13.2 Å². The second-order valence-electron chi connectivity index (χ2n) is 5.90. The van der Waals surface area contributed by atoms with Crippen LogP contribution in [0, 0.1) is 23.0 Å². The summed E-state index contributed by atoms with van der Waals surface area (Å²) in [7, 11) is 1.67. The summed E-state index contributed by atoms with van der Waals surface area (Å²) < 4.78 is 31.3. The van der Waals surface area contributed by atoms with E-state index < -0.39 is 11.6 Å². The van der Waals surface area contributed by atoms with Crippen molar-refractivity contribution in [1.29, 1.82) is 0 Å². The predicted octanol–water partition coefficient (Wildman–Crippen LogP) is 3.41. The van der Waals surface area contributed by atoms with Crippen LogP contribution in [0.3, 0.4) is 0 Å². The summed E-state index contributed by atoms with van der Waals surface area (Å²) in [5.41, 5.74) is 0.812. The molecule has 0 bridgehead atoms. The molecule has 1 unspecified atom stereocenters. The van der Waals surface area contributed by atoms with E-state index in [0.29, 0.717) is 18.9 Å². The Morgan fingerprint density at radius 1 is 1.25 bits per heavy atom. The summed E-state index contributed by atoms with van der Waals surface area (Å²) >= 11 is 0. The average Bonchev–Trinajstić information content (AvgIpc) is 2.39. The monoisotopic (exact) mass is 285 g/mol. The zero-order chi connectivity index (χ0) is 15.2. The molecule has 2 nitrogen and oxygen atoms in total. The normalized spacial score (nSPS) is 14.6. The Kier molecular flexibility index (Phi) is 6.56. The van der Waals surface area contributed by atoms with Gasteiger partial charge in [0, 0.05) is 20.2 Å². The molecule has 0 fully saturated rings. The van der Waals surface area contributed by atoms with Gasteiger partial charge in [-0.25, -0.2) is 8.78 Å². The van der Waals surface area contributed by atoms with Gasteiger partial charge in [0.2, 0.25) is 0 Å². The van der Waals surface area contributed by atoms with Gasteiger partial charge in [-0.2, -0.15) is 0 Å². The number of hydrogen-bond donors (Lipinski definition) is 1. The van der Waals surface area contributed by atoms with Gasteiger partial charge in [0.05, 0.1) is 6.61 Å². The lowest BCUT2D eigenvalue weighted by molar-refractivity contribution is 0.175. The van der Waals surface area contributed by atoms with Gasteiger partial charge < -0.3 is 10.1 Å². The van der Waals surface area contributed by atoms with Crippen LogP contribution in [0.4, 0.5) is 8.78 Å². The van der Waals surface area contributed by atoms with Gasteiger partial charge in [-0.3, -0.25) is 0 Å². The Balaban J connectivity index is 2.72. The van der Waals surface area contributed by atoms with E-state index in [-0.39, 0.29) is 5.41 Å². The molecule has 0 aliphatic rings. The fourth-order valence-electron chi connectivity index (χ4n) is 2.13. The van der Waals surface area contributed by atoms with E-state index in [1.807, 2.05) is 0 Å². The highest BCUT2D eigenvalue weighted by molar-refractivity contribution is 5.19. The maximum absolute atomic E-state index is 13.3. The first kappa shape index (κ1) is 17.1. The molecule has 1 aromatic carbocycles. The minimum atomic E-state index is -0.793. The first-order chi connectivity index (χ1) is 9.39. The second-order valence-corrected chi connectivity index (χ2v) is 5.90. The Labute approximate surface area is 120 Å². The van der Waals surface area contributed by atoms with Crippen LogP contribution < -0.4 is 5.32 Å². The quantitative estimate of drug-likeness (QED) is 0.739. The highest BCUT2D eigenvalue weighted by Crippen LogP contribution is 2.31. The first-order valence-electron chi connectivity index (χ1n) is 7.02. The Morgan fingerprint density at radius 2 is 1.95 bits per heavy atom. The molecule has 114 valence electrons. The highest BCUT2D eigenvalue weighted by Gasteiger charge is 2.28. The molecular weight excluding hydrogens is 260 g/mol. The Morgan fingerprint density at radius 3 is 2.50 bits per heavy atom. The van der Waals surface area contributed by atoms with Crippen LogP contribution in [-0.2, 0) is 11.2 Å². The summed E-state index contributed by atoms with van der Waals surface area (Å²) in [5.74, 6) is -1.15. The average molecular weight is 285 g/mol. The third kappa shape index (κ3) is 4.84. The van der Waals surface area contributed by atoms with Crippen LogP contribution >= 0.6 is 0 Å². The minimum Gasteiger partial charge on any atom is -0.383 e. The molecule has 0 aromatic heterocycles. The molecule has 4 heteroatoms. The maximum Gasteiger partial charge on any atom is 0.159 e. The van der Waals surface area contributed by atoms with Crippen LogP contribution in [0.1, 0.15) is 26.3 Å². The zero-order valence-electron chi connectivity index (χ0n) is 12.8. The van der Waals surface area contributed by atoms with E-state index in [4.69, 9.17) is 4.74 Å². The van der Waals surface area contributed by atoms with Crippen molar-refractivity contribution < 1.29 is 13.5 Å². The van der Waals surface area contributed by atoms with Crippen molar-refractivity contribution in [2.45, 2.75) is 27.2 Å². The summed E-state index contributed by atoms with van der Waals surface area (Å²) in [6.45, 7) is 8.73. The van der Waals surface area contributed by atoms with Gasteiger partial charge in [0.1, 0.15) is 0 Å². The molecule has 1 atom stereocenters.